The quantitative estimate of drug-likeness (QED) is 0.472. The van der Waals surface area contributed by atoms with E-state index in [2.05, 4.69) is 0 Å². The highest BCUT2D eigenvalue weighted by molar-refractivity contribution is 6.20. The summed E-state index contributed by atoms with van der Waals surface area (Å²) in [4.78, 5) is 10.9. The van der Waals surface area contributed by atoms with Crippen LogP contribution >= 0.6 is 11.6 Å². The van der Waals surface area contributed by atoms with Gasteiger partial charge in [-0.1, -0.05) is 6.07 Å². The molecule has 0 fully saturated rings. The number of hydrogen-bond donors (Lipinski definition) is 0. The summed E-state index contributed by atoms with van der Waals surface area (Å²) in [5.41, 5.74) is 0.571. The Morgan fingerprint density at radius 1 is 1.35 bits per heavy atom. The number of rotatable bonds is 5. The molecule has 0 spiro atoms. The zero-order valence-corrected chi connectivity index (χ0v) is 11.7. The summed E-state index contributed by atoms with van der Waals surface area (Å²) >= 11 is 5.67. The number of hydrogen-bond acceptors (Lipinski definition) is 3. The second-order valence-electron chi connectivity index (χ2n) is 4.20. The molecule has 1 aromatic rings. The minimum absolute atomic E-state index is 0.0395. The van der Waals surface area contributed by atoms with Crippen molar-refractivity contribution in [1.29, 1.82) is 0 Å². The first-order valence-corrected chi connectivity index (χ1v) is 6.21. The van der Waals surface area contributed by atoms with E-state index < -0.39 is 23.9 Å². The van der Waals surface area contributed by atoms with Crippen LogP contribution in [0.2, 0.25) is 0 Å². The van der Waals surface area contributed by atoms with E-state index in [0.29, 0.717) is 5.56 Å². The number of carbonyl (C=O) groups excluding carboxylic acids is 1. The number of methoxy groups -OCH3 is 1. The van der Waals surface area contributed by atoms with Crippen LogP contribution < -0.4 is 9.47 Å². The Morgan fingerprint density at radius 2 is 2.00 bits per heavy atom. The summed E-state index contributed by atoms with van der Waals surface area (Å²) in [6, 6.07) is 4.52. The summed E-state index contributed by atoms with van der Waals surface area (Å²) in [5.74, 6) is -0.0254. The van der Waals surface area contributed by atoms with Gasteiger partial charge >= 0.3 is 12.1 Å². The first kappa shape index (κ1) is 16.6. The molecule has 0 radical (unpaired) electrons. The molecule has 0 amide bonds. The van der Waals surface area contributed by atoms with Crippen LogP contribution in [0.25, 0.3) is 0 Å². The molecule has 0 heterocycles. The maximum atomic E-state index is 12.2. The van der Waals surface area contributed by atoms with Gasteiger partial charge in [-0.05, 0) is 24.1 Å². The SMILES string of the molecule is COc1cc(CC(Cl)CC(F)(F)F)ccc1OC(C)=O. The fourth-order valence-corrected chi connectivity index (χ4v) is 2.01. The third kappa shape index (κ3) is 5.69. The molecule has 0 aliphatic heterocycles. The molecule has 0 aliphatic rings. The minimum atomic E-state index is -4.30. The lowest BCUT2D eigenvalue weighted by Gasteiger charge is -2.14. The van der Waals surface area contributed by atoms with Crippen LogP contribution in [0.5, 0.6) is 11.5 Å². The number of esters is 1. The van der Waals surface area contributed by atoms with Crippen molar-refractivity contribution in [3.8, 4) is 11.5 Å². The largest absolute Gasteiger partial charge is 0.493 e. The van der Waals surface area contributed by atoms with Crippen LogP contribution in [0.1, 0.15) is 18.9 Å². The van der Waals surface area contributed by atoms with E-state index in [4.69, 9.17) is 21.1 Å². The van der Waals surface area contributed by atoms with Crippen molar-refractivity contribution < 1.29 is 27.4 Å². The molecule has 112 valence electrons. The average molecular weight is 311 g/mol. The Morgan fingerprint density at radius 3 is 2.50 bits per heavy atom. The lowest BCUT2D eigenvalue weighted by molar-refractivity contribution is -0.134. The van der Waals surface area contributed by atoms with Gasteiger partial charge in [0.1, 0.15) is 0 Å². The zero-order valence-electron chi connectivity index (χ0n) is 11.0. The van der Waals surface area contributed by atoms with Crippen LogP contribution in [0.15, 0.2) is 18.2 Å². The van der Waals surface area contributed by atoms with Gasteiger partial charge in [-0.2, -0.15) is 13.2 Å². The predicted molar refractivity (Wildman–Crippen MR) is 68.3 cm³/mol. The van der Waals surface area contributed by atoms with E-state index in [1.807, 2.05) is 0 Å². The molecule has 20 heavy (non-hydrogen) atoms. The molecule has 0 saturated heterocycles. The van der Waals surface area contributed by atoms with Crippen molar-refractivity contribution in [2.45, 2.75) is 31.3 Å². The highest BCUT2D eigenvalue weighted by Gasteiger charge is 2.31. The van der Waals surface area contributed by atoms with Gasteiger partial charge in [-0.3, -0.25) is 4.79 Å². The van der Waals surface area contributed by atoms with Crippen LogP contribution in [0, 0.1) is 0 Å². The Balaban J connectivity index is 2.80. The fraction of sp³-hybridized carbons (Fsp3) is 0.462. The van der Waals surface area contributed by atoms with Crippen molar-refractivity contribution in [2.24, 2.45) is 0 Å². The third-order valence-corrected chi connectivity index (χ3v) is 2.70. The number of ether oxygens (including phenoxy) is 2. The summed E-state index contributed by atoms with van der Waals surface area (Å²) in [6.45, 7) is 1.24. The molecule has 1 atom stereocenters. The van der Waals surface area contributed by atoms with E-state index in [-0.39, 0.29) is 17.9 Å². The first-order valence-electron chi connectivity index (χ1n) is 5.77. The smallest absolute Gasteiger partial charge is 0.390 e. The van der Waals surface area contributed by atoms with Gasteiger partial charge in [-0.15, -0.1) is 11.6 Å². The number of benzene rings is 1. The van der Waals surface area contributed by atoms with E-state index in [0.717, 1.165) is 0 Å². The van der Waals surface area contributed by atoms with E-state index in [1.54, 1.807) is 6.07 Å². The Bertz CT molecular complexity index is 474. The lowest BCUT2D eigenvalue weighted by atomic mass is 10.1. The van der Waals surface area contributed by atoms with E-state index in [9.17, 15) is 18.0 Å². The second-order valence-corrected chi connectivity index (χ2v) is 4.82. The summed E-state index contributed by atoms with van der Waals surface area (Å²) < 4.78 is 46.5. The molecule has 3 nitrogen and oxygen atoms in total. The van der Waals surface area contributed by atoms with Gasteiger partial charge in [0, 0.05) is 12.3 Å². The summed E-state index contributed by atoms with van der Waals surface area (Å²) in [5, 5.41) is -1.06. The molecule has 0 aromatic heterocycles. The number of alkyl halides is 4. The molecule has 0 aliphatic carbocycles. The van der Waals surface area contributed by atoms with Gasteiger partial charge in [0.05, 0.1) is 13.5 Å². The highest BCUT2D eigenvalue weighted by atomic mass is 35.5. The van der Waals surface area contributed by atoms with Crippen LogP contribution in [-0.2, 0) is 11.2 Å². The van der Waals surface area contributed by atoms with Gasteiger partial charge < -0.3 is 9.47 Å². The normalized spacial score (nSPS) is 12.9. The monoisotopic (exact) mass is 310 g/mol. The Kier molecular flexibility index (Phi) is 5.68. The highest BCUT2D eigenvalue weighted by Crippen LogP contribution is 2.31. The number of carbonyl (C=O) groups is 1. The van der Waals surface area contributed by atoms with Crippen LogP contribution in [0.4, 0.5) is 13.2 Å². The summed E-state index contributed by atoms with van der Waals surface area (Å²) in [7, 11) is 1.38. The molecule has 7 heteroatoms. The van der Waals surface area contributed by atoms with Crippen molar-refractivity contribution in [2.75, 3.05) is 7.11 Å². The van der Waals surface area contributed by atoms with Crippen LogP contribution in [-0.4, -0.2) is 24.6 Å². The van der Waals surface area contributed by atoms with Crippen molar-refractivity contribution in [1.82, 2.24) is 0 Å². The lowest BCUT2D eigenvalue weighted by Crippen LogP contribution is -2.17. The molecule has 0 N–H and O–H groups in total. The fourth-order valence-electron chi connectivity index (χ4n) is 1.66. The maximum absolute atomic E-state index is 12.2. The van der Waals surface area contributed by atoms with Gasteiger partial charge in [0.25, 0.3) is 0 Å². The molecule has 0 saturated carbocycles. The van der Waals surface area contributed by atoms with E-state index in [1.165, 1.54) is 26.2 Å². The minimum Gasteiger partial charge on any atom is -0.493 e. The van der Waals surface area contributed by atoms with Gasteiger partial charge in [0.2, 0.25) is 0 Å². The standard InChI is InChI=1S/C13H14ClF3O3/c1-8(18)20-11-4-3-9(6-12(11)19-2)5-10(14)7-13(15,16)17/h3-4,6,10H,5,7H2,1-2H3. The van der Waals surface area contributed by atoms with Crippen LogP contribution in [0.3, 0.4) is 0 Å². The first-order chi connectivity index (χ1) is 9.21. The molecular formula is C13H14ClF3O3. The predicted octanol–water partition coefficient (Wildman–Crippen LogP) is 3.72. The van der Waals surface area contributed by atoms with Crippen molar-refractivity contribution in [3.63, 3.8) is 0 Å². The van der Waals surface area contributed by atoms with E-state index >= 15 is 0 Å². The molecule has 1 unspecified atom stereocenters. The molecule has 1 rings (SSSR count). The second kappa shape index (κ2) is 6.83. The van der Waals surface area contributed by atoms with Crippen molar-refractivity contribution >= 4 is 17.6 Å². The van der Waals surface area contributed by atoms with Gasteiger partial charge in [0.15, 0.2) is 11.5 Å². The van der Waals surface area contributed by atoms with Gasteiger partial charge in [-0.25, -0.2) is 0 Å². The molecule has 0 bridgehead atoms. The average Bonchev–Trinajstić information content (AvgIpc) is 2.27. The molecular weight excluding hydrogens is 297 g/mol. The zero-order chi connectivity index (χ0) is 15.3. The topological polar surface area (TPSA) is 35.5 Å². The maximum Gasteiger partial charge on any atom is 0.390 e. The summed E-state index contributed by atoms with van der Waals surface area (Å²) in [6.07, 6.45) is -5.32. The molecule has 1 aromatic carbocycles. The third-order valence-electron chi connectivity index (χ3n) is 2.39. The Labute approximate surface area is 119 Å². The van der Waals surface area contributed by atoms with Crippen molar-refractivity contribution in [3.05, 3.63) is 23.8 Å². The Hall–Kier alpha value is -1.43. The number of halogens is 4.